The Bertz CT molecular complexity index is 584. The van der Waals surface area contributed by atoms with Crippen molar-refractivity contribution in [3.63, 3.8) is 0 Å². The highest BCUT2D eigenvalue weighted by Crippen LogP contribution is 2.25. The van der Waals surface area contributed by atoms with Crippen LogP contribution in [-0.2, 0) is 16.1 Å². The van der Waals surface area contributed by atoms with Crippen LogP contribution in [0.1, 0.15) is 44.1 Å². The average Bonchev–Trinajstić information content (AvgIpc) is 3.06. The van der Waals surface area contributed by atoms with E-state index in [1.807, 2.05) is 13.0 Å². The van der Waals surface area contributed by atoms with E-state index in [1.54, 1.807) is 0 Å². The predicted octanol–water partition coefficient (Wildman–Crippen LogP) is 1.81. The molecule has 0 bridgehead atoms. The van der Waals surface area contributed by atoms with Crippen molar-refractivity contribution < 1.29 is 14.1 Å². The maximum atomic E-state index is 12.2. The average molecular weight is 379 g/mol. The molecule has 1 N–H and O–H groups in total. The van der Waals surface area contributed by atoms with Crippen LogP contribution < -0.4 is 5.32 Å². The lowest BCUT2D eigenvalue weighted by Crippen LogP contribution is -2.49. The van der Waals surface area contributed by atoms with E-state index in [-0.39, 0.29) is 5.91 Å². The third-order valence-electron chi connectivity index (χ3n) is 5.68. The van der Waals surface area contributed by atoms with Crippen LogP contribution in [0, 0.1) is 12.8 Å². The van der Waals surface area contributed by atoms with Crippen molar-refractivity contribution in [2.45, 2.75) is 52.2 Å². The van der Waals surface area contributed by atoms with Crippen LogP contribution >= 0.6 is 0 Å². The molecule has 0 spiro atoms. The van der Waals surface area contributed by atoms with Crippen molar-refractivity contribution in [3.05, 3.63) is 17.5 Å². The van der Waals surface area contributed by atoms with Gasteiger partial charge in [0.15, 0.2) is 0 Å². The van der Waals surface area contributed by atoms with Crippen molar-refractivity contribution in [1.29, 1.82) is 0 Å². The van der Waals surface area contributed by atoms with E-state index >= 15 is 0 Å². The highest BCUT2D eigenvalue weighted by Gasteiger charge is 2.22. The van der Waals surface area contributed by atoms with Crippen LogP contribution in [0.25, 0.3) is 0 Å². The summed E-state index contributed by atoms with van der Waals surface area (Å²) in [5.41, 5.74) is 0.978. The highest BCUT2D eigenvalue weighted by atomic mass is 16.5. The molecule has 2 unspecified atom stereocenters. The largest absolute Gasteiger partial charge is 0.376 e. The molecule has 1 aromatic rings. The number of hydrogen-bond acceptors (Lipinski definition) is 6. The fourth-order valence-electron chi connectivity index (χ4n) is 4.02. The van der Waals surface area contributed by atoms with Gasteiger partial charge in [-0.3, -0.25) is 14.6 Å². The van der Waals surface area contributed by atoms with Gasteiger partial charge in [0.2, 0.25) is 5.91 Å². The van der Waals surface area contributed by atoms with Crippen LogP contribution in [0.5, 0.6) is 0 Å². The van der Waals surface area contributed by atoms with E-state index in [0.717, 1.165) is 50.6 Å². The lowest BCUT2D eigenvalue weighted by atomic mass is 9.88. The number of carbonyl (C=O) groups is 1. The van der Waals surface area contributed by atoms with Gasteiger partial charge in [-0.15, -0.1) is 0 Å². The number of aromatic nitrogens is 1. The Labute approximate surface area is 162 Å². The van der Waals surface area contributed by atoms with Crippen molar-refractivity contribution in [2.24, 2.45) is 5.92 Å². The Morgan fingerprint density at radius 2 is 2.00 bits per heavy atom. The monoisotopic (exact) mass is 378 g/mol. The molecule has 1 amide bonds. The van der Waals surface area contributed by atoms with Gasteiger partial charge < -0.3 is 14.6 Å². The van der Waals surface area contributed by atoms with Crippen LogP contribution in [0.4, 0.5) is 0 Å². The first-order chi connectivity index (χ1) is 13.1. The summed E-state index contributed by atoms with van der Waals surface area (Å²) >= 11 is 0. The topological polar surface area (TPSA) is 70.8 Å². The van der Waals surface area contributed by atoms with E-state index in [0.29, 0.717) is 31.7 Å². The maximum absolute atomic E-state index is 12.2. The maximum Gasteiger partial charge on any atom is 0.234 e. The van der Waals surface area contributed by atoms with Crippen LogP contribution in [0.15, 0.2) is 10.6 Å². The summed E-state index contributed by atoms with van der Waals surface area (Å²) in [4.78, 5) is 16.7. The van der Waals surface area contributed by atoms with E-state index in [2.05, 4.69) is 27.2 Å². The number of nitrogens with zero attached hydrogens (tertiary/aromatic N) is 3. The van der Waals surface area contributed by atoms with Crippen molar-refractivity contribution in [3.8, 4) is 0 Å². The molecule has 1 aromatic heterocycles. The second kappa shape index (κ2) is 10.2. The first-order valence-corrected chi connectivity index (χ1v) is 10.4. The fraction of sp³-hybridized carbons (Fsp3) is 0.800. The summed E-state index contributed by atoms with van der Waals surface area (Å²) in [6.07, 6.45) is 5.39. The van der Waals surface area contributed by atoms with Gasteiger partial charge in [0.1, 0.15) is 5.76 Å². The molecule has 7 heteroatoms. The predicted molar refractivity (Wildman–Crippen MR) is 103 cm³/mol. The zero-order valence-electron chi connectivity index (χ0n) is 16.8. The summed E-state index contributed by atoms with van der Waals surface area (Å²) in [6, 6.07) is 1.98. The van der Waals surface area contributed by atoms with Crippen LogP contribution in [-0.4, -0.2) is 72.8 Å². The van der Waals surface area contributed by atoms with Crippen molar-refractivity contribution >= 4 is 5.91 Å². The van der Waals surface area contributed by atoms with Crippen molar-refractivity contribution in [2.75, 3.05) is 45.9 Å². The Morgan fingerprint density at radius 1 is 1.26 bits per heavy atom. The van der Waals surface area contributed by atoms with Gasteiger partial charge in [-0.25, -0.2) is 0 Å². The second-order valence-electron chi connectivity index (χ2n) is 8.00. The first kappa shape index (κ1) is 20.3. The number of carbonyl (C=O) groups excluding carboxylic acids is 1. The lowest BCUT2D eigenvalue weighted by molar-refractivity contribution is -0.123. The molecule has 3 rings (SSSR count). The van der Waals surface area contributed by atoms with Crippen molar-refractivity contribution in [1.82, 2.24) is 20.3 Å². The van der Waals surface area contributed by atoms with Gasteiger partial charge in [0.25, 0.3) is 0 Å². The minimum absolute atomic E-state index is 0.0934. The number of ether oxygens (including phenoxy) is 1. The van der Waals surface area contributed by atoms with E-state index < -0.39 is 0 Å². The summed E-state index contributed by atoms with van der Waals surface area (Å²) < 4.78 is 11.1. The molecule has 2 aliphatic rings. The summed E-state index contributed by atoms with van der Waals surface area (Å²) in [7, 11) is 0. The minimum Gasteiger partial charge on any atom is -0.376 e. The molecular weight excluding hydrogens is 344 g/mol. The minimum atomic E-state index is 0.0934. The van der Waals surface area contributed by atoms with Gasteiger partial charge in [-0.05, 0) is 25.7 Å². The first-order valence-electron chi connectivity index (χ1n) is 10.4. The normalized spacial score (nSPS) is 24.8. The number of aryl methyl sites for hydroxylation is 1. The second-order valence-corrected chi connectivity index (χ2v) is 8.00. The van der Waals surface area contributed by atoms with Gasteiger partial charge >= 0.3 is 0 Å². The molecule has 152 valence electrons. The number of hydrogen-bond donors (Lipinski definition) is 1. The Balaban J connectivity index is 1.26. The molecule has 0 radical (unpaired) electrons. The molecule has 7 nitrogen and oxygen atoms in total. The number of amides is 1. The SMILES string of the molecule is Cc1cc(CN2CCN(CC(=O)NCCOC3CCCCC3C)CC2)no1. The smallest absolute Gasteiger partial charge is 0.234 e. The fourth-order valence-corrected chi connectivity index (χ4v) is 4.02. The molecule has 0 aromatic carbocycles. The number of rotatable bonds is 8. The summed E-state index contributed by atoms with van der Waals surface area (Å²) in [5.74, 6) is 1.59. The molecule has 2 atom stereocenters. The van der Waals surface area contributed by atoms with Gasteiger partial charge in [0, 0.05) is 45.3 Å². The zero-order chi connectivity index (χ0) is 19.1. The third kappa shape index (κ3) is 6.59. The van der Waals surface area contributed by atoms with E-state index in [9.17, 15) is 4.79 Å². The zero-order valence-corrected chi connectivity index (χ0v) is 16.8. The van der Waals surface area contributed by atoms with Gasteiger partial charge in [0.05, 0.1) is 24.9 Å². The number of piperazine rings is 1. The van der Waals surface area contributed by atoms with E-state index in [1.165, 1.54) is 19.3 Å². The van der Waals surface area contributed by atoms with E-state index in [4.69, 9.17) is 9.26 Å². The highest BCUT2D eigenvalue weighted by molar-refractivity contribution is 5.78. The molecule has 1 aliphatic carbocycles. The quantitative estimate of drug-likeness (QED) is 0.696. The molecule has 2 fully saturated rings. The molecular formula is C20H34N4O3. The molecule has 1 aliphatic heterocycles. The third-order valence-corrected chi connectivity index (χ3v) is 5.68. The Morgan fingerprint density at radius 3 is 2.70 bits per heavy atom. The molecule has 2 heterocycles. The van der Waals surface area contributed by atoms with Crippen LogP contribution in [0.2, 0.25) is 0 Å². The Hall–Kier alpha value is -1.44. The van der Waals surface area contributed by atoms with Crippen LogP contribution in [0.3, 0.4) is 0 Å². The standard InChI is InChI=1S/C20H34N4O3/c1-16-5-3-4-6-19(16)26-12-7-21-20(25)15-24-10-8-23(9-11-24)14-18-13-17(2)27-22-18/h13,16,19H,3-12,14-15H2,1-2H3,(H,21,25). The summed E-state index contributed by atoms with van der Waals surface area (Å²) in [5, 5.41) is 7.05. The lowest BCUT2D eigenvalue weighted by Gasteiger charge is -2.33. The van der Waals surface area contributed by atoms with Gasteiger partial charge in [-0.1, -0.05) is 24.9 Å². The molecule has 27 heavy (non-hydrogen) atoms. The molecule has 1 saturated carbocycles. The summed E-state index contributed by atoms with van der Waals surface area (Å²) in [6.45, 7) is 10.4. The number of nitrogens with one attached hydrogen (secondary N) is 1. The van der Waals surface area contributed by atoms with Gasteiger partial charge in [-0.2, -0.15) is 0 Å². The molecule has 1 saturated heterocycles. The Kier molecular flexibility index (Phi) is 7.67.